The second-order valence-electron chi connectivity index (χ2n) is 6.14. The van der Waals surface area contributed by atoms with E-state index in [1.807, 2.05) is 0 Å². The van der Waals surface area contributed by atoms with Gasteiger partial charge in [0.15, 0.2) is 17.7 Å². The van der Waals surface area contributed by atoms with Crippen molar-refractivity contribution in [3.05, 3.63) is 29.6 Å². The van der Waals surface area contributed by atoms with Crippen molar-refractivity contribution < 1.29 is 23.5 Å². The average Bonchev–Trinajstić information content (AvgIpc) is 2.62. The van der Waals surface area contributed by atoms with E-state index in [9.17, 15) is 19.2 Å². The van der Waals surface area contributed by atoms with Crippen LogP contribution in [0.25, 0.3) is 0 Å². The summed E-state index contributed by atoms with van der Waals surface area (Å²) in [6.07, 6.45) is 2.84. The SMILES string of the molecule is COc1ccc(C(=O)O[C@H](C)C(=O)NC2(C#N)CCCCC2)cc1F. The second-order valence-corrected chi connectivity index (χ2v) is 6.14. The summed E-state index contributed by atoms with van der Waals surface area (Å²) in [5.41, 5.74) is -0.923. The molecule has 25 heavy (non-hydrogen) atoms. The van der Waals surface area contributed by atoms with E-state index >= 15 is 0 Å². The highest BCUT2D eigenvalue weighted by Gasteiger charge is 2.35. The van der Waals surface area contributed by atoms with Gasteiger partial charge in [0.05, 0.1) is 18.7 Å². The van der Waals surface area contributed by atoms with E-state index in [-0.39, 0.29) is 11.3 Å². The zero-order valence-corrected chi connectivity index (χ0v) is 14.3. The number of nitrogens with one attached hydrogen (secondary N) is 1. The Morgan fingerprint density at radius 1 is 1.32 bits per heavy atom. The number of carbonyl (C=O) groups excluding carboxylic acids is 2. The number of nitriles is 1. The maximum atomic E-state index is 13.7. The van der Waals surface area contributed by atoms with E-state index in [1.165, 1.54) is 26.2 Å². The van der Waals surface area contributed by atoms with Crippen LogP contribution >= 0.6 is 0 Å². The smallest absolute Gasteiger partial charge is 0.339 e. The van der Waals surface area contributed by atoms with Gasteiger partial charge in [0.2, 0.25) is 0 Å². The van der Waals surface area contributed by atoms with Gasteiger partial charge in [-0.3, -0.25) is 4.79 Å². The number of halogens is 1. The minimum Gasteiger partial charge on any atom is -0.494 e. The van der Waals surface area contributed by atoms with Crippen LogP contribution in [0.3, 0.4) is 0 Å². The monoisotopic (exact) mass is 348 g/mol. The zero-order valence-electron chi connectivity index (χ0n) is 14.3. The first-order valence-corrected chi connectivity index (χ1v) is 8.18. The summed E-state index contributed by atoms with van der Waals surface area (Å²) in [6, 6.07) is 5.83. The number of amides is 1. The molecular formula is C18H21FN2O4. The molecule has 1 atom stereocenters. The summed E-state index contributed by atoms with van der Waals surface area (Å²) in [4.78, 5) is 24.4. The third kappa shape index (κ3) is 4.47. The van der Waals surface area contributed by atoms with Crippen LogP contribution in [-0.4, -0.2) is 30.6 Å². The number of benzene rings is 1. The first kappa shape index (κ1) is 18.7. The molecule has 2 rings (SSSR count). The van der Waals surface area contributed by atoms with Crippen molar-refractivity contribution in [3.63, 3.8) is 0 Å². The maximum absolute atomic E-state index is 13.7. The second kappa shape index (κ2) is 7.97. The Morgan fingerprint density at radius 3 is 2.56 bits per heavy atom. The molecule has 1 aromatic carbocycles. The van der Waals surface area contributed by atoms with Crippen molar-refractivity contribution in [1.82, 2.24) is 5.32 Å². The van der Waals surface area contributed by atoms with Gasteiger partial charge in [-0.2, -0.15) is 5.26 Å². The Bertz CT molecular complexity index is 693. The van der Waals surface area contributed by atoms with E-state index in [4.69, 9.17) is 9.47 Å². The normalized spacial score (nSPS) is 17.0. The number of esters is 1. The van der Waals surface area contributed by atoms with Gasteiger partial charge in [-0.05, 0) is 38.0 Å². The topological polar surface area (TPSA) is 88.4 Å². The molecule has 0 saturated heterocycles. The molecule has 0 aromatic heterocycles. The average molecular weight is 348 g/mol. The number of hydrogen-bond donors (Lipinski definition) is 1. The van der Waals surface area contributed by atoms with Gasteiger partial charge in [-0.25, -0.2) is 9.18 Å². The Hall–Kier alpha value is -2.62. The summed E-state index contributed by atoms with van der Waals surface area (Å²) in [6.45, 7) is 1.42. The van der Waals surface area contributed by atoms with Crippen molar-refractivity contribution in [2.75, 3.05) is 7.11 Å². The fourth-order valence-corrected chi connectivity index (χ4v) is 2.83. The van der Waals surface area contributed by atoms with Crippen LogP contribution in [0.2, 0.25) is 0 Å². The van der Waals surface area contributed by atoms with Crippen LogP contribution in [0, 0.1) is 17.1 Å². The van der Waals surface area contributed by atoms with Crippen molar-refractivity contribution in [3.8, 4) is 11.8 Å². The van der Waals surface area contributed by atoms with Gasteiger partial charge in [0.25, 0.3) is 5.91 Å². The third-order valence-corrected chi connectivity index (χ3v) is 4.32. The summed E-state index contributed by atoms with van der Waals surface area (Å²) in [7, 11) is 1.32. The fraction of sp³-hybridized carbons (Fsp3) is 0.500. The Kier molecular flexibility index (Phi) is 5.97. The van der Waals surface area contributed by atoms with Crippen molar-refractivity contribution in [2.45, 2.75) is 50.7 Å². The van der Waals surface area contributed by atoms with Crippen LogP contribution in [0.4, 0.5) is 4.39 Å². The molecule has 1 aliphatic carbocycles. The fourth-order valence-electron chi connectivity index (χ4n) is 2.83. The van der Waals surface area contributed by atoms with Crippen LogP contribution in [0.1, 0.15) is 49.4 Å². The lowest BCUT2D eigenvalue weighted by molar-refractivity contribution is -0.130. The number of rotatable bonds is 5. The van der Waals surface area contributed by atoms with Gasteiger partial charge in [-0.15, -0.1) is 0 Å². The van der Waals surface area contributed by atoms with Crippen molar-refractivity contribution >= 4 is 11.9 Å². The predicted molar refractivity (Wildman–Crippen MR) is 87.4 cm³/mol. The molecule has 7 heteroatoms. The lowest BCUT2D eigenvalue weighted by Gasteiger charge is -2.32. The van der Waals surface area contributed by atoms with Gasteiger partial charge in [0.1, 0.15) is 5.54 Å². The molecule has 134 valence electrons. The molecule has 0 unspecified atom stereocenters. The van der Waals surface area contributed by atoms with E-state index in [1.54, 1.807) is 0 Å². The first-order valence-electron chi connectivity index (χ1n) is 8.18. The molecule has 0 heterocycles. The zero-order chi connectivity index (χ0) is 18.4. The summed E-state index contributed by atoms with van der Waals surface area (Å²) >= 11 is 0. The largest absolute Gasteiger partial charge is 0.494 e. The molecule has 0 spiro atoms. The minimum absolute atomic E-state index is 0.00982. The van der Waals surface area contributed by atoms with Crippen molar-refractivity contribution in [1.29, 1.82) is 5.26 Å². The molecule has 1 amide bonds. The first-order chi connectivity index (χ1) is 11.9. The van der Waals surface area contributed by atoms with E-state index < -0.39 is 29.3 Å². The molecule has 1 N–H and O–H groups in total. The molecule has 1 saturated carbocycles. The Labute approximate surface area is 145 Å². The Balaban J connectivity index is 1.99. The lowest BCUT2D eigenvalue weighted by atomic mass is 9.83. The summed E-state index contributed by atoms with van der Waals surface area (Å²) < 4.78 is 23.5. The van der Waals surface area contributed by atoms with Gasteiger partial charge in [0, 0.05) is 0 Å². The van der Waals surface area contributed by atoms with E-state index in [2.05, 4.69) is 11.4 Å². The molecular weight excluding hydrogens is 327 g/mol. The Morgan fingerprint density at radius 2 is 2.00 bits per heavy atom. The minimum atomic E-state index is -1.09. The summed E-state index contributed by atoms with van der Waals surface area (Å²) in [5, 5.41) is 12.1. The van der Waals surface area contributed by atoms with E-state index in [0.29, 0.717) is 12.8 Å². The number of nitrogens with zero attached hydrogens (tertiary/aromatic N) is 1. The molecule has 0 bridgehead atoms. The molecule has 1 aliphatic rings. The predicted octanol–water partition coefficient (Wildman–Crippen LogP) is 2.72. The quantitative estimate of drug-likeness (QED) is 0.827. The lowest BCUT2D eigenvalue weighted by Crippen LogP contribution is -2.52. The highest BCUT2D eigenvalue weighted by atomic mass is 19.1. The van der Waals surface area contributed by atoms with Crippen molar-refractivity contribution in [2.24, 2.45) is 0 Å². The van der Waals surface area contributed by atoms with Crippen LogP contribution in [-0.2, 0) is 9.53 Å². The molecule has 1 aromatic rings. The number of methoxy groups -OCH3 is 1. The van der Waals surface area contributed by atoms with Gasteiger partial charge < -0.3 is 14.8 Å². The highest BCUT2D eigenvalue weighted by Crippen LogP contribution is 2.27. The highest BCUT2D eigenvalue weighted by molar-refractivity contribution is 5.92. The number of ether oxygens (including phenoxy) is 2. The molecule has 0 aliphatic heterocycles. The number of hydrogen-bond acceptors (Lipinski definition) is 5. The van der Waals surface area contributed by atoms with Crippen LogP contribution in [0.5, 0.6) is 5.75 Å². The van der Waals surface area contributed by atoms with Crippen LogP contribution in [0.15, 0.2) is 18.2 Å². The third-order valence-electron chi connectivity index (χ3n) is 4.32. The maximum Gasteiger partial charge on any atom is 0.339 e. The number of carbonyl (C=O) groups is 2. The molecule has 0 radical (unpaired) electrons. The molecule has 6 nitrogen and oxygen atoms in total. The van der Waals surface area contributed by atoms with Gasteiger partial charge in [-0.1, -0.05) is 19.3 Å². The van der Waals surface area contributed by atoms with E-state index in [0.717, 1.165) is 25.3 Å². The van der Waals surface area contributed by atoms with Gasteiger partial charge >= 0.3 is 5.97 Å². The molecule has 1 fully saturated rings. The summed E-state index contributed by atoms with van der Waals surface area (Å²) in [5.74, 6) is -2.04. The van der Waals surface area contributed by atoms with Crippen LogP contribution < -0.4 is 10.1 Å². The standard InChI is InChI=1S/C18H21FN2O4/c1-12(16(22)21-18(11-20)8-4-3-5-9-18)25-17(23)13-6-7-15(24-2)14(19)10-13/h6-7,10,12H,3-5,8-9H2,1-2H3,(H,21,22)/t12-/m1/s1.